The van der Waals surface area contributed by atoms with Crippen LogP contribution in [-0.2, 0) is 11.8 Å². The highest BCUT2D eigenvalue weighted by Gasteiger charge is 2.66. The number of rotatable bonds is 4. The molecular weight excluding hydrogens is 302 g/mol. The van der Waals surface area contributed by atoms with Crippen molar-refractivity contribution in [3.63, 3.8) is 0 Å². The molecule has 2 saturated carbocycles. The lowest BCUT2D eigenvalue weighted by molar-refractivity contribution is -0.125. The molecule has 4 aliphatic rings. The van der Waals surface area contributed by atoms with Crippen molar-refractivity contribution in [2.45, 2.75) is 68.6 Å². The van der Waals surface area contributed by atoms with Gasteiger partial charge >= 0.3 is 0 Å². The van der Waals surface area contributed by atoms with Crippen LogP contribution >= 0.6 is 0 Å². The molecule has 0 amide bonds. The van der Waals surface area contributed by atoms with Crippen molar-refractivity contribution in [1.29, 1.82) is 0 Å². The van der Waals surface area contributed by atoms with Crippen LogP contribution in [0.2, 0.25) is 0 Å². The molecule has 4 atom stereocenters. The summed E-state index contributed by atoms with van der Waals surface area (Å²) in [5.74, 6) is 2.49. The van der Waals surface area contributed by atoms with Gasteiger partial charge in [0.1, 0.15) is 6.10 Å². The summed E-state index contributed by atoms with van der Waals surface area (Å²) < 4.78 is 11.9. The van der Waals surface area contributed by atoms with Gasteiger partial charge in [0.15, 0.2) is 11.5 Å². The van der Waals surface area contributed by atoms with Gasteiger partial charge in [0.2, 0.25) is 0 Å². The third-order valence-electron chi connectivity index (χ3n) is 7.13. The van der Waals surface area contributed by atoms with Crippen molar-refractivity contribution in [2.24, 2.45) is 5.92 Å². The molecule has 0 saturated heterocycles. The number of nitrogens with one attached hydrogen (secondary N) is 1. The van der Waals surface area contributed by atoms with E-state index in [1.54, 1.807) is 7.11 Å². The monoisotopic (exact) mass is 329 g/mol. The quantitative estimate of drug-likeness (QED) is 0.891. The second-order valence-corrected chi connectivity index (χ2v) is 8.36. The molecule has 3 aliphatic carbocycles. The lowest BCUT2D eigenvalue weighted by atomic mass is 9.53. The van der Waals surface area contributed by atoms with Crippen LogP contribution in [0.3, 0.4) is 0 Å². The second kappa shape index (κ2) is 4.89. The maximum absolute atomic E-state index is 11.9. The summed E-state index contributed by atoms with van der Waals surface area (Å²) in [6, 6.07) is 4.31. The lowest BCUT2D eigenvalue weighted by Gasteiger charge is -2.55. The molecule has 4 nitrogen and oxygen atoms in total. The Bertz CT molecular complexity index is 686. The fourth-order valence-electron chi connectivity index (χ4n) is 5.50. The first-order valence-corrected chi connectivity index (χ1v) is 9.40. The van der Waals surface area contributed by atoms with Crippen LogP contribution in [0.25, 0.3) is 0 Å². The molecule has 2 fully saturated rings. The third-order valence-corrected chi connectivity index (χ3v) is 7.13. The fraction of sp³-hybridized carbons (Fsp3) is 0.700. The largest absolute Gasteiger partial charge is 0.493 e. The summed E-state index contributed by atoms with van der Waals surface area (Å²) in [6.45, 7) is 3.25. The minimum atomic E-state index is -0.741. The van der Waals surface area contributed by atoms with E-state index in [1.165, 1.54) is 24.0 Å². The zero-order valence-corrected chi connectivity index (χ0v) is 14.6. The van der Waals surface area contributed by atoms with E-state index in [1.807, 2.05) is 6.07 Å². The van der Waals surface area contributed by atoms with Crippen LogP contribution in [0, 0.1) is 5.92 Å². The van der Waals surface area contributed by atoms with Gasteiger partial charge in [-0.15, -0.1) is 0 Å². The van der Waals surface area contributed by atoms with Gasteiger partial charge in [0.25, 0.3) is 0 Å². The van der Waals surface area contributed by atoms with E-state index in [-0.39, 0.29) is 17.6 Å². The van der Waals surface area contributed by atoms with Crippen LogP contribution < -0.4 is 14.8 Å². The Morgan fingerprint density at radius 1 is 1.33 bits per heavy atom. The normalized spacial score (nSPS) is 39.3. The van der Waals surface area contributed by atoms with Crippen LogP contribution in [0.4, 0.5) is 0 Å². The van der Waals surface area contributed by atoms with Crippen molar-refractivity contribution < 1.29 is 14.6 Å². The minimum Gasteiger partial charge on any atom is -0.493 e. The third kappa shape index (κ3) is 1.76. The van der Waals surface area contributed by atoms with Gasteiger partial charge in [-0.2, -0.15) is 0 Å². The maximum Gasteiger partial charge on any atom is 0.165 e. The van der Waals surface area contributed by atoms with Gasteiger partial charge in [-0.05, 0) is 69.5 Å². The lowest BCUT2D eigenvalue weighted by Crippen LogP contribution is -2.69. The Morgan fingerprint density at radius 3 is 2.92 bits per heavy atom. The molecule has 2 N–H and O–H groups in total. The smallest absolute Gasteiger partial charge is 0.165 e. The summed E-state index contributed by atoms with van der Waals surface area (Å²) in [6.07, 6.45) is 6.46. The van der Waals surface area contributed by atoms with Gasteiger partial charge in [-0.1, -0.05) is 6.07 Å². The van der Waals surface area contributed by atoms with Crippen molar-refractivity contribution >= 4 is 0 Å². The van der Waals surface area contributed by atoms with Gasteiger partial charge in [-0.25, -0.2) is 0 Å². The molecule has 0 bridgehead atoms. The van der Waals surface area contributed by atoms with Crippen molar-refractivity contribution in [3.05, 3.63) is 23.3 Å². The maximum atomic E-state index is 11.9. The Labute approximate surface area is 143 Å². The number of benzene rings is 1. The van der Waals surface area contributed by atoms with Crippen LogP contribution in [-0.4, -0.2) is 36.5 Å². The van der Waals surface area contributed by atoms with E-state index < -0.39 is 5.60 Å². The summed E-state index contributed by atoms with van der Waals surface area (Å²) in [4.78, 5) is 0. The predicted molar refractivity (Wildman–Crippen MR) is 91.8 cm³/mol. The van der Waals surface area contributed by atoms with Crippen molar-refractivity contribution in [3.8, 4) is 11.5 Å². The van der Waals surface area contributed by atoms with E-state index in [2.05, 4.69) is 18.3 Å². The molecule has 1 aliphatic heterocycles. The number of aliphatic hydroxyl groups is 1. The summed E-state index contributed by atoms with van der Waals surface area (Å²) in [5.41, 5.74) is 1.44. The molecule has 1 aromatic rings. The van der Waals surface area contributed by atoms with E-state index in [4.69, 9.17) is 9.47 Å². The number of ether oxygens (including phenoxy) is 2. The molecule has 0 spiro atoms. The highest BCUT2D eigenvalue weighted by Crippen LogP contribution is 2.61. The Morgan fingerprint density at radius 2 is 2.17 bits per heavy atom. The van der Waals surface area contributed by atoms with Gasteiger partial charge in [0, 0.05) is 11.6 Å². The van der Waals surface area contributed by atoms with E-state index in [0.29, 0.717) is 0 Å². The minimum absolute atomic E-state index is 0.0480. The molecule has 1 heterocycles. The number of hydrogen-bond acceptors (Lipinski definition) is 4. The van der Waals surface area contributed by atoms with Gasteiger partial charge < -0.3 is 19.9 Å². The average molecular weight is 329 g/mol. The van der Waals surface area contributed by atoms with Crippen molar-refractivity contribution in [2.75, 3.05) is 13.7 Å². The summed E-state index contributed by atoms with van der Waals surface area (Å²) in [5, 5.41) is 15.6. The van der Waals surface area contributed by atoms with Gasteiger partial charge in [-0.3, -0.25) is 0 Å². The van der Waals surface area contributed by atoms with Crippen LogP contribution in [0.5, 0.6) is 11.5 Å². The highest BCUT2D eigenvalue weighted by atomic mass is 16.5. The highest BCUT2D eigenvalue weighted by molar-refractivity contribution is 5.61. The van der Waals surface area contributed by atoms with E-state index in [9.17, 15) is 5.11 Å². The SMILES string of the molecule is COc1ccc2c3c1O[C@@H]1CCC[C@](O)(C(NCC4CC4)C2)[C@]31C. The number of hydrogen-bond donors (Lipinski definition) is 2. The Kier molecular flexibility index (Phi) is 3.06. The topological polar surface area (TPSA) is 50.7 Å². The first-order chi connectivity index (χ1) is 11.6. The van der Waals surface area contributed by atoms with E-state index >= 15 is 0 Å². The van der Waals surface area contributed by atoms with Crippen molar-refractivity contribution in [1.82, 2.24) is 5.32 Å². The standard InChI is InChI=1S/C20H27NO3/c1-19-16-4-3-9-20(19,22)15(21-11-12-5-6-12)10-13-7-8-14(23-2)18(24-16)17(13)19/h7-8,12,15-16,21-22H,3-6,9-11H2,1-2H3/t15?,16-,19+,20+/m1/s1. The first-order valence-electron chi connectivity index (χ1n) is 9.40. The zero-order chi connectivity index (χ0) is 16.5. The summed E-state index contributed by atoms with van der Waals surface area (Å²) in [7, 11) is 1.70. The Hall–Kier alpha value is -1.26. The van der Waals surface area contributed by atoms with Gasteiger partial charge in [0.05, 0.1) is 18.1 Å². The summed E-state index contributed by atoms with van der Waals surface area (Å²) >= 11 is 0. The predicted octanol–water partition coefficient (Wildman–Crippen LogP) is 2.55. The molecule has 1 aromatic carbocycles. The fourth-order valence-corrected chi connectivity index (χ4v) is 5.50. The molecule has 4 heteroatoms. The molecular formula is C20H27NO3. The van der Waals surface area contributed by atoms with Crippen LogP contribution in [0.15, 0.2) is 12.1 Å². The zero-order valence-electron chi connectivity index (χ0n) is 14.6. The second-order valence-electron chi connectivity index (χ2n) is 8.36. The Balaban J connectivity index is 1.63. The molecule has 0 aromatic heterocycles. The number of methoxy groups -OCH3 is 1. The molecule has 0 radical (unpaired) electrons. The van der Waals surface area contributed by atoms with E-state index in [0.717, 1.165) is 49.6 Å². The molecule has 130 valence electrons. The molecule has 1 unspecified atom stereocenters. The average Bonchev–Trinajstić information content (AvgIpc) is 3.34. The molecule has 5 rings (SSSR count). The first kappa shape index (κ1) is 15.0. The molecule has 24 heavy (non-hydrogen) atoms. The van der Waals surface area contributed by atoms with Crippen LogP contribution in [0.1, 0.15) is 50.2 Å².